The molecule has 1 amide bonds. The lowest BCUT2D eigenvalue weighted by molar-refractivity contribution is -0.137. The van der Waals surface area contributed by atoms with E-state index in [0.717, 1.165) is 23.9 Å². The molecule has 30 heavy (non-hydrogen) atoms. The number of alkyl halides is 3. The van der Waals surface area contributed by atoms with Crippen molar-refractivity contribution in [2.24, 2.45) is 0 Å². The highest BCUT2D eigenvalue weighted by Crippen LogP contribution is 2.34. The summed E-state index contributed by atoms with van der Waals surface area (Å²) in [4.78, 5) is 14.6. The van der Waals surface area contributed by atoms with E-state index in [9.17, 15) is 18.0 Å². The molecule has 3 rings (SSSR count). The molecule has 1 saturated carbocycles. The quantitative estimate of drug-likeness (QED) is 0.621. The molecule has 0 aliphatic heterocycles. The first-order valence-corrected chi connectivity index (χ1v) is 10.3. The van der Waals surface area contributed by atoms with Crippen LogP contribution in [0.25, 0.3) is 0 Å². The van der Waals surface area contributed by atoms with E-state index in [0.29, 0.717) is 6.04 Å². The number of rotatable bonds is 7. The van der Waals surface area contributed by atoms with Crippen LogP contribution in [0.5, 0.6) is 0 Å². The standard InChI is InChI=1S/C23H28F3N3O/c1-29(18-10-3-2-4-11-18)16-17-9-5-7-13-20(17)27-15-22(30)28-21-14-8-6-12-19(21)23(24,25)26/h5-9,12-14,18,27H,2-4,10-11,15-16H2,1H3,(H,28,30). The molecule has 0 saturated heterocycles. The maximum Gasteiger partial charge on any atom is 0.418 e. The van der Waals surface area contributed by atoms with E-state index in [1.165, 1.54) is 50.3 Å². The van der Waals surface area contributed by atoms with Crippen molar-refractivity contribution in [3.63, 3.8) is 0 Å². The summed E-state index contributed by atoms with van der Waals surface area (Å²) in [6.07, 6.45) is 1.70. The number of amides is 1. The number of para-hydroxylation sites is 2. The Morgan fingerprint density at radius 1 is 1.00 bits per heavy atom. The summed E-state index contributed by atoms with van der Waals surface area (Å²) < 4.78 is 39.3. The summed E-state index contributed by atoms with van der Waals surface area (Å²) in [6.45, 7) is 0.642. The van der Waals surface area contributed by atoms with Crippen LogP contribution in [-0.2, 0) is 17.5 Å². The number of benzene rings is 2. The predicted molar refractivity (Wildman–Crippen MR) is 113 cm³/mol. The van der Waals surface area contributed by atoms with Gasteiger partial charge in [-0.05, 0) is 43.7 Å². The van der Waals surface area contributed by atoms with Crippen molar-refractivity contribution in [2.45, 2.75) is 50.9 Å². The first kappa shape index (κ1) is 22.2. The summed E-state index contributed by atoms with van der Waals surface area (Å²) in [5.74, 6) is -0.526. The maximum absolute atomic E-state index is 13.1. The molecule has 7 heteroatoms. The zero-order chi connectivity index (χ0) is 21.6. The number of anilines is 2. The smallest absolute Gasteiger partial charge is 0.376 e. The van der Waals surface area contributed by atoms with Crippen molar-refractivity contribution in [2.75, 3.05) is 24.2 Å². The molecule has 1 fully saturated rings. The lowest BCUT2D eigenvalue weighted by atomic mass is 9.94. The molecule has 2 aromatic carbocycles. The number of carbonyl (C=O) groups excluding carboxylic acids is 1. The van der Waals surface area contributed by atoms with Gasteiger partial charge in [-0.2, -0.15) is 13.2 Å². The second-order valence-corrected chi connectivity index (χ2v) is 7.81. The van der Waals surface area contributed by atoms with Crippen molar-refractivity contribution in [1.82, 2.24) is 4.90 Å². The third-order valence-corrected chi connectivity index (χ3v) is 5.58. The number of nitrogens with zero attached hydrogens (tertiary/aromatic N) is 1. The minimum absolute atomic E-state index is 0.115. The fourth-order valence-corrected chi connectivity index (χ4v) is 3.96. The van der Waals surface area contributed by atoms with Crippen LogP contribution in [0.3, 0.4) is 0 Å². The van der Waals surface area contributed by atoms with Crippen molar-refractivity contribution >= 4 is 17.3 Å². The molecule has 0 aromatic heterocycles. The highest BCUT2D eigenvalue weighted by Gasteiger charge is 2.33. The van der Waals surface area contributed by atoms with Crippen LogP contribution in [-0.4, -0.2) is 30.4 Å². The number of halogens is 3. The van der Waals surface area contributed by atoms with Crippen molar-refractivity contribution in [3.8, 4) is 0 Å². The molecule has 1 aliphatic rings. The van der Waals surface area contributed by atoms with Gasteiger partial charge >= 0.3 is 6.18 Å². The predicted octanol–water partition coefficient (Wildman–Crippen LogP) is 5.52. The number of hydrogen-bond donors (Lipinski definition) is 2. The number of nitrogens with one attached hydrogen (secondary N) is 2. The molecular weight excluding hydrogens is 391 g/mol. The summed E-state index contributed by atoms with van der Waals surface area (Å²) >= 11 is 0. The molecule has 0 bridgehead atoms. The third kappa shape index (κ3) is 5.98. The number of carbonyl (C=O) groups is 1. The van der Waals surface area contributed by atoms with E-state index in [2.05, 4.69) is 22.6 Å². The monoisotopic (exact) mass is 419 g/mol. The summed E-state index contributed by atoms with van der Waals surface area (Å²) in [5.41, 5.74) is 0.795. The van der Waals surface area contributed by atoms with E-state index in [4.69, 9.17) is 0 Å². The Labute approximate surface area is 175 Å². The molecule has 162 valence electrons. The Hall–Kier alpha value is -2.54. The first-order chi connectivity index (χ1) is 14.3. The van der Waals surface area contributed by atoms with E-state index in [1.54, 1.807) is 0 Å². The highest BCUT2D eigenvalue weighted by molar-refractivity contribution is 5.94. The average Bonchev–Trinajstić information content (AvgIpc) is 2.73. The molecular formula is C23H28F3N3O. The van der Waals surface area contributed by atoms with Gasteiger partial charge in [-0.25, -0.2) is 0 Å². The summed E-state index contributed by atoms with van der Waals surface area (Å²) in [6, 6.07) is 13.3. The molecule has 2 aromatic rings. The fourth-order valence-electron chi connectivity index (χ4n) is 3.96. The zero-order valence-corrected chi connectivity index (χ0v) is 17.1. The Morgan fingerprint density at radius 2 is 1.63 bits per heavy atom. The lowest BCUT2D eigenvalue weighted by Gasteiger charge is -2.31. The molecule has 2 N–H and O–H groups in total. The Balaban J connectivity index is 1.60. The van der Waals surface area contributed by atoms with Gasteiger partial charge in [0.15, 0.2) is 0 Å². The van der Waals surface area contributed by atoms with E-state index in [1.807, 2.05) is 24.3 Å². The lowest BCUT2D eigenvalue weighted by Crippen LogP contribution is -2.33. The summed E-state index contributed by atoms with van der Waals surface area (Å²) in [7, 11) is 2.12. The molecule has 0 radical (unpaired) electrons. The first-order valence-electron chi connectivity index (χ1n) is 10.3. The Morgan fingerprint density at radius 3 is 2.33 bits per heavy atom. The molecule has 4 nitrogen and oxygen atoms in total. The van der Waals surface area contributed by atoms with Crippen LogP contribution >= 0.6 is 0 Å². The average molecular weight is 419 g/mol. The fraction of sp³-hybridized carbons (Fsp3) is 0.435. The Bertz CT molecular complexity index is 848. The minimum Gasteiger partial charge on any atom is -0.376 e. The summed E-state index contributed by atoms with van der Waals surface area (Å²) in [5, 5.41) is 5.45. The molecule has 0 atom stereocenters. The van der Waals surface area contributed by atoms with Gasteiger partial charge in [-0.15, -0.1) is 0 Å². The SMILES string of the molecule is CN(Cc1ccccc1NCC(=O)Nc1ccccc1C(F)(F)F)C1CCCCC1. The molecule has 0 spiro atoms. The van der Waals surface area contributed by atoms with Crippen LogP contribution < -0.4 is 10.6 Å². The van der Waals surface area contributed by atoms with Crippen molar-refractivity contribution in [3.05, 3.63) is 59.7 Å². The van der Waals surface area contributed by atoms with Crippen LogP contribution in [0.15, 0.2) is 48.5 Å². The molecule has 0 unspecified atom stereocenters. The third-order valence-electron chi connectivity index (χ3n) is 5.58. The van der Waals surface area contributed by atoms with Gasteiger partial charge in [0.05, 0.1) is 17.8 Å². The normalized spacial score (nSPS) is 15.2. The second-order valence-electron chi connectivity index (χ2n) is 7.81. The number of hydrogen-bond acceptors (Lipinski definition) is 3. The van der Waals surface area contributed by atoms with E-state index >= 15 is 0 Å². The van der Waals surface area contributed by atoms with Gasteiger partial charge in [0.1, 0.15) is 0 Å². The van der Waals surface area contributed by atoms with E-state index in [-0.39, 0.29) is 12.2 Å². The zero-order valence-electron chi connectivity index (χ0n) is 17.1. The molecule has 0 heterocycles. The van der Waals surface area contributed by atoms with Gasteiger partial charge in [0.25, 0.3) is 0 Å². The minimum atomic E-state index is -4.52. The largest absolute Gasteiger partial charge is 0.418 e. The molecule has 1 aliphatic carbocycles. The highest BCUT2D eigenvalue weighted by atomic mass is 19.4. The second kappa shape index (κ2) is 9.98. The maximum atomic E-state index is 13.1. The van der Waals surface area contributed by atoms with E-state index < -0.39 is 17.6 Å². The topological polar surface area (TPSA) is 44.4 Å². The van der Waals surface area contributed by atoms with Crippen LogP contribution in [0.4, 0.5) is 24.5 Å². The van der Waals surface area contributed by atoms with Crippen LogP contribution in [0.2, 0.25) is 0 Å². The van der Waals surface area contributed by atoms with Gasteiger partial charge in [-0.1, -0.05) is 49.6 Å². The van der Waals surface area contributed by atoms with Crippen LogP contribution in [0.1, 0.15) is 43.2 Å². The Kier molecular flexibility index (Phi) is 7.37. The van der Waals surface area contributed by atoms with Gasteiger partial charge in [0.2, 0.25) is 5.91 Å². The van der Waals surface area contributed by atoms with Crippen molar-refractivity contribution < 1.29 is 18.0 Å². The van der Waals surface area contributed by atoms with Gasteiger partial charge in [-0.3, -0.25) is 9.69 Å². The van der Waals surface area contributed by atoms with Crippen molar-refractivity contribution in [1.29, 1.82) is 0 Å². The van der Waals surface area contributed by atoms with Crippen LogP contribution in [0, 0.1) is 0 Å². The van der Waals surface area contributed by atoms with Gasteiger partial charge in [0, 0.05) is 18.3 Å². The van der Waals surface area contributed by atoms with Gasteiger partial charge < -0.3 is 10.6 Å².